The van der Waals surface area contributed by atoms with Crippen molar-refractivity contribution in [1.29, 1.82) is 0 Å². The molecule has 0 saturated heterocycles. The van der Waals surface area contributed by atoms with Crippen LogP contribution in [0.15, 0.2) is 0 Å². The molecule has 1 atom stereocenters. The zero-order valence-corrected chi connectivity index (χ0v) is 11.2. The molecule has 0 aliphatic carbocycles. The number of rotatable bonds is 5. The number of sulfonamides is 1. The van der Waals surface area contributed by atoms with Crippen LogP contribution < -0.4 is 10.5 Å². The fourth-order valence-electron chi connectivity index (χ4n) is 1.17. The first-order valence-corrected chi connectivity index (χ1v) is 6.87. The summed E-state index contributed by atoms with van der Waals surface area (Å²) >= 11 is 0. The molecule has 0 aliphatic rings. The number of nitrogens with one attached hydrogen (secondary N) is 1. The summed E-state index contributed by atoms with van der Waals surface area (Å²) in [7, 11) is -3.21. The van der Waals surface area contributed by atoms with Gasteiger partial charge in [0.1, 0.15) is 0 Å². The highest BCUT2D eigenvalue weighted by Gasteiger charge is 2.29. The van der Waals surface area contributed by atoms with Gasteiger partial charge in [-0.15, -0.1) is 0 Å². The van der Waals surface area contributed by atoms with E-state index in [-0.39, 0.29) is 11.5 Å². The van der Waals surface area contributed by atoms with E-state index in [9.17, 15) is 8.42 Å². The van der Waals surface area contributed by atoms with Gasteiger partial charge in [-0.2, -0.15) is 0 Å². The molecule has 0 amide bonds. The van der Waals surface area contributed by atoms with Gasteiger partial charge in [0.05, 0.1) is 5.25 Å². The van der Waals surface area contributed by atoms with E-state index in [1.165, 1.54) is 0 Å². The summed E-state index contributed by atoms with van der Waals surface area (Å²) < 4.78 is 26.1. The zero-order valence-electron chi connectivity index (χ0n) is 10.4. The third kappa shape index (κ3) is 4.95. The summed E-state index contributed by atoms with van der Waals surface area (Å²) in [4.78, 5) is 0. The molecule has 3 N–H and O–H groups in total. The van der Waals surface area contributed by atoms with Gasteiger partial charge in [0.25, 0.3) is 0 Å². The molecule has 92 valence electrons. The Kier molecular flexibility index (Phi) is 5.23. The minimum atomic E-state index is -3.21. The van der Waals surface area contributed by atoms with E-state index in [1.54, 1.807) is 13.8 Å². The van der Waals surface area contributed by atoms with E-state index in [1.807, 2.05) is 20.8 Å². The van der Waals surface area contributed by atoms with E-state index >= 15 is 0 Å². The Morgan fingerprint density at radius 3 is 2.00 bits per heavy atom. The van der Waals surface area contributed by atoms with Crippen molar-refractivity contribution in [3.05, 3.63) is 0 Å². The lowest BCUT2D eigenvalue weighted by Gasteiger charge is -2.31. The summed E-state index contributed by atoms with van der Waals surface area (Å²) in [5, 5.41) is -0.403. The molecule has 0 aromatic heterocycles. The summed E-state index contributed by atoms with van der Waals surface area (Å²) in [6.45, 7) is 9.86. The standard InChI is InChI=1S/C10H24N2O2S/c1-8(2)15(13,14)12-9(6-7-11)10(3,4)5/h8-9,12H,6-7,11H2,1-5H3. The summed E-state index contributed by atoms with van der Waals surface area (Å²) in [5.41, 5.74) is 5.38. The van der Waals surface area contributed by atoms with Crippen molar-refractivity contribution in [1.82, 2.24) is 4.72 Å². The molecular weight excluding hydrogens is 212 g/mol. The quantitative estimate of drug-likeness (QED) is 0.750. The molecule has 0 rings (SSSR count). The van der Waals surface area contributed by atoms with Crippen LogP contribution in [0.5, 0.6) is 0 Å². The summed E-state index contributed by atoms with van der Waals surface area (Å²) in [6.07, 6.45) is 0.662. The average molecular weight is 236 g/mol. The minimum Gasteiger partial charge on any atom is -0.330 e. The van der Waals surface area contributed by atoms with Gasteiger partial charge in [0, 0.05) is 6.04 Å². The molecule has 1 unspecified atom stereocenters. The molecule has 0 heterocycles. The highest BCUT2D eigenvalue weighted by Crippen LogP contribution is 2.22. The second kappa shape index (κ2) is 5.27. The number of nitrogens with two attached hydrogens (primary N) is 1. The van der Waals surface area contributed by atoms with Crippen LogP contribution in [0.2, 0.25) is 0 Å². The Morgan fingerprint density at radius 2 is 1.73 bits per heavy atom. The molecular formula is C10H24N2O2S. The second-order valence-electron chi connectivity index (χ2n) is 5.21. The molecule has 15 heavy (non-hydrogen) atoms. The van der Waals surface area contributed by atoms with Gasteiger partial charge in [0.15, 0.2) is 0 Å². The van der Waals surface area contributed by atoms with Gasteiger partial charge < -0.3 is 5.73 Å². The number of hydrogen-bond acceptors (Lipinski definition) is 3. The van der Waals surface area contributed by atoms with Crippen LogP contribution >= 0.6 is 0 Å². The maximum absolute atomic E-state index is 11.7. The van der Waals surface area contributed by atoms with Crippen molar-refractivity contribution < 1.29 is 8.42 Å². The molecule has 0 bridgehead atoms. The van der Waals surface area contributed by atoms with Crippen LogP contribution in [0.1, 0.15) is 41.0 Å². The lowest BCUT2D eigenvalue weighted by molar-refractivity contribution is 0.287. The molecule has 4 nitrogen and oxygen atoms in total. The normalized spacial score (nSPS) is 15.7. The van der Waals surface area contributed by atoms with Crippen LogP contribution in [0.3, 0.4) is 0 Å². The maximum Gasteiger partial charge on any atom is 0.214 e. The molecule has 0 spiro atoms. The Bertz CT molecular complexity index is 278. The molecule has 0 radical (unpaired) electrons. The van der Waals surface area contributed by atoms with Gasteiger partial charge in [-0.25, -0.2) is 13.1 Å². The van der Waals surface area contributed by atoms with Crippen LogP contribution in [-0.2, 0) is 10.0 Å². The maximum atomic E-state index is 11.7. The predicted octanol–water partition coefficient (Wildman–Crippen LogP) is 1.08. The smallest absolute Gasteiger partial charge is 0.214 e. The average Bonchev–Trinajstić information content (AvgIpc) is 2.01. The molecule has 0 fully saturated rings. The Balaban J connectivity index is 4.71. The van der Waals surface area contributed by atoms with Crippen molar-refractivity contribution in [3.8, 4) is 0 Å². The summed E-state index contributed by atoms with van der Waals surface area (Å²) in [6, 6.07) is -0.102. The van der Waals surface area contributed by atoms with Crippen molar-refractivity contribution in [2.24, 2.45) is 11.1 Å². The third-order valence-corrected chi connectivity index (χ3v) is 4.28. The van der Waals surface area contributed by atoms with Crippen LogP contribution in [-0.4, -0.2) is 26.3 Å². The Morgan fingerprint density at radius 1 is 1.27 bits per heavy atom. The van der Waals surface area contributed by atoms with Gasteiger partial charge >= 0.3 is 0 Å². The lowest BCUT2D eigenvalue weighted by atomic mass is 9.85. The lowest BCUT2D eigenvalue weighted by Crippen LogP contribution is -2.47. The Labute approximate surface area is 93.7 Å². The van der Waals surface area contributed by atoms with E-state index < -0.39 is 15.3 Å². The first kappa shape index (κ1) is 14.9. The second-order valence-corrected chi connectivity index (χ2v) is 7.48. The van der Waals surface area contributed by atoms with Crippen molar-refractivity contribution in [2.45, 2.75) is 52.3 Å². The highest BCUT2D eigenvalue weighted by molar-refractivity contribution is 7.90. The fourth-order valence-corrected chi connectivity index (χ4v) is 2.31. The SMILES string of the molecule is CC(C)S(=O)(=O)NC(CCN)C(C)(C)C. The summed E-state index contributed by atoms with van der Waals surface area (Å²) in [5.74, 6) is 0. The van der Waals surface area contributed by atoms with Gasteiger partial charge in [-0.05, 0) is 32.2 Å². The van der Waals surface area contributed by atoms with E-state index in [0.29, 0.717) is 13.0 Å². The Hall–Kier alpha value is -0.130. The molecule has 0 aromatic rings. The zero-order chi connectivity index (χ0) is 12.3. The molecule has 0 aromatic carbocycles. The van der Waals surface area contributed by atoms with Crippen molar-refractivity contribution in [3.63, 3.8) is 0 Å². The van der Waals surface area contributed by atoms with E-state index in [0.717, 1.165) is 0 Å². The van der Waals surface area contributed by atoms with Crippen LogP contribution in [0, 0.1) is 5.41 Å². The minimum absolute atomic E-state index is 0.102. The van der Waals surface area contributed by atoms with Gasteiger partial charge in [-0.3, -0.25) is 0 Å². The largest absolute Gasteiger partial charge is 0.330 e. The van der Waals surface area contributed by atoms with Gasteiger partial charge in [0.2, 0.25) is 10.0 Å². The van der Waals surface area contributed by atoms with Crippen LogP contribution in [0.4, 0.5) is 0 Å². The van der Waals surface area contributed by atoms with E-state index in [2.05, 4.69) is 4.72 Å². The molecule has 0 aliphatic heterocycles. The topological polar surface area (TPSA) is 72.2 Å². The molecule has 0 saturated carbocycles. The number of hydrogen-bond donors (Lipinski definition) is 2. The molecule has 5 heteroatoms. The van der Waals surface area contributed by atoms with Gasteiger partial charge in [-0.1, -0.05) is 20.8 Å². The van der Waals surface area contributed by atoms with E-state index in [4.69, 9.17) is 5.73 Å². The highest BCUT2D eigenvalue weighted by atomic mass is 32.2. The van der Waals surface area contributed by atoms with Crippen molar-refractivity contribution >= 4 is 10.0 Å². The fraction of sp³-hybridized carbons (Fsp3) is 1.00. The van der Waals surface area contributed by atoms with Crippen molar-refractivity contribution in [2.75, 3.05) is 6.54 Å². The van der Waals surface area contributed by atoms with Crippen LogP contribution in [0.25, 0.3) is 0 Å². The monoisotopic (exact) mass is 236 g/mol. The third-order valence-electron chi connectivity index (χ3n) is 2.43. The predicted molar refractivity (Wildman–Crippen MR) is 64.1 cm³/mol. The first-order chi connectivity index (χ1) is 6.61. The first-order valence-electron chi connectivity index (χ1n) is 5.32.